The molecule has 0 bridgehead atoms. The molecule has 0 fully saturated rings. The predicted octanol–water partition coefficient (Wildman–Crippen LogP) is 9.66. The maximum absolute atomic E-state index is 12.5. The second-order valence-corrected chi connectivity index (χ2v) is 10.0. The van der Waals surface area contributed by atoms with E-state index in [4.69, 9.17) is 9.47 Å². The Hall–Kier alpha value is -4.18. The van der Waals surface area contributed by atoms with Gasteiger partial charge < -0.3 is 9.47 Å². The Labute approximate surface area is 238 Å². The summed E-state index contributed by atoms with van der Waals surface area (Å²) in [5, 5.41) is 0. The van der Waals surface area contributed by atoms with Crippen molar-refractivity contribution in [3.8, 4) is 44.9 Å². The summed E-state index contributed by atoms with van der Waals surface area (Å²) in [5.74, 6) is 0.646. The fourth-order valence-corrected chi connectivity index (χ4v) is 4.76. The molecule has 0 radical (unpaired) electrons. The Morgan fingerprint density at radius 1 is 0.500 bits per heavy atom. The molecule has 40 heavy (non-hydrogen) atoms. The lowest BCUT2D eigenvalue weighted by Crippen LogP contribution is -2.07. The molecule has 0 saturated heterocycles. The summed E-state index contributed by atoms with van der Waals surface area (Å²) in [6, 6.07) is 31.9. The van der Waals surface area contributed by atoms with E-state index in [1.807, 2.05) is 72.8 Å². The first kappa shape index (κ1) is 28.8. The van der Waals surface area contributed by atoms with Gasteiger partial charge in [0.1, 0.15) is 11.5 Å². The molecule has 4 nitrogen and oxygen atoms in total. The third kappa shape index (κ3) is 7.92. The van der Waals surface area contributed by atoms with Gasteiger partial charge in [-0.25, -0.2) is 0 Å². The molecule has 0 aliphatic carbocycles. The molecule has 0 amide bonds. The quantitative estimate of drug-likeness (QED) is 0.0973. The molecule has 0 spiro atoms. The minimum atomic E-state index is -0.214. The molecule has 206 valence electrons. The largest absolute Gasteiger partial charge is 0.427 e. The van der Waals surface area contributed by atoms with Gasteiger partial charge in [-0.2, -0.15) is 0 Å². The minimum absolute atomic E-state index is 0.205. The molecule has 0 unspecified atom stereocenters. The van der Waals surface area contributed by atoms with Crippen LogP contribution in [-0.4, -0.2) is 11.9 Å². The molecule has 0 saturated carbocycles. The number of ether oxygens (including phenoxy) is 2. The molecule has 4 heteroatoms. The Balaban J connectivity index is 1.68. The number of carbonyl (C=O) groups excluding carboxylic acids is 2. The van der Waals surface area contributed by atoms with E-state index in [0.717, 1.165) is 71.9 Å². The molecular formula is C36H38O4. The van der Waals surface area contributed by atoms with E-state index in [9.17, 15) is 9.59 Å². The fraction of sp³-hybridized carbons (Fsp3) is 0.278. The number of unbranched alkanes of at least 4 members (excludes halogenated alkanes) is 4. The first-order chi connectivity index (χ1) is 19.6. The van der Waals surface area contributed by atoms with Gasteiger partial charge in [0.05, 0.1) is 0 Å². The third-order valence-corrected chi connectivity index (χ3v) is 6.89. The van der Waals surface area contributed by atoms with Crippen LogP contribution in [0.15, 0.2) is 97.1 Å². The van der Waals surface area contributed by atoms with Crippen molar-refractivity contribution in [1.29, 1.82) is 0 Å². The van der Waals surface area contributed by atoms with Crippen molar-refractivity contribution in [3.63, 3.8) is 0 Å². The van der Waals surface area contributed by atoms with E-state index in [2.05, 4.69) is 38.1 Å². The van der Waals surface area contributed by atoms with Gasteiger partial charge in [0.2, 0.25) is 0 Å². The van der Waals surface area contributed by atoms with Crippen molar-refractivity contribution >= 4 is 11.9 Å². The van der Waals surface area contributed by atoms with Crippen LogP contribution in [0, 0.1) is 0 Å². The van der Waals surface area contributed by atoms with Crippen molar-refractivity contribution in [2.75, 3.05) is 0 Å². The summed E-state index contributed by atoms with van der Waals surface area (Å²) in [5.41, 5.74) is 6.17. The van der Waals surface area contributed by atoms with Gasteiger partial charge in [0.25, 0.3) is 0 Å². The second-order valence-electron chi connectivity index (χ2n) is 10.0. The van der Waals surface area contributed by atoms with E-state index in [1.54, 1.807) is 0 Å². The summed E-state index contributed by atoms with van der Waals surface area (Å²) < 4.78 is 11.3. The molecule has 0 aliphatic rings. The monoisotopic (exact) mass is 534 g/mol. The Morgan fingerprint density at radius 2 is 1.00 bits per heavy atom. The lowest BCUT2D eigenvalue weighted by atomic mass is 9.89. The Kier molecular flexibility index (Phi) is 10.7. The Morgan fingerprint density at radius 3 is 1.62 bits per heavy atom. The SMILES string of the molecule is CCCCCC(=O)Oc1ccc(-c2ccc(OC(=O)CCCCC)cc2-c2ccccc2-c2ccccc2)cc1. The highest BCUT2D eigenvalue weighted by molar-refractivity contribution is 5.92. The highest BCUT2D eigenvalue weighted by Crippen LogP contribution is 2.40. The summed E-state index contributed by atoms with van der Waals surface area (Å²) >= 11 is 0. The summed E-state index contributed by atoms with van der Waals surface area (Å²) in [7, 11) is 0. The molecule has 4 aromatic rings. The van der Waals surface area contributed by atoms with E-state index in [-0.39, 0.29) is 11.9 Å². The lowest BCUT2D eigenvalue weighted by molar-refractivity contribution is -0.135. The summed E-state index contributed by atoms with van der Waals surface area (Å²) in [4.78, 5) is 24.7. The van der Waals surface area contributed by atoms with Crippen LogP contribution in [0.2, 0.25) is 0 Å². The molecule has 0 aromatic heterocycles. The summed E-state index contributed by atoms with van der Waals surface area (Å²) in [6.45, 7) is 4.23. The van der Waals surface area contributed by atoms with Crippen LogP contribution in [-0.2, 0) is 9.59 Å². The summed E-state index contributed by atoms with van der Waals surface area (Å²) in [6.07, 6.45) is 6.64. The van der Waals surface area contributed by atoms with Crippen LogP contribution in [0.3, 0.4) is 0 Å². The molecule has 0 heterocycles. The van der Waals surface area contributed by atoms with Gasteiger partial charge in [0.15, 0.2) is 0 Å². The third-order valence-electron chi connectivity index (χ3n) is 6.89. The van der Waals surface area contributed by atoms with Crippen molar-refractivity contribution in [2.24, 2.45) is 0 Å². The maximum Gasteiger partial charge on any atom is 0.311 e. The number of esters is 2. The number of hydrogen-bond donors (Lipinski definition) is 0. The zero-order valence-corrected chi connectivity index (χ0v) is 23.5. The topological polar surface area (TPSA) is 52.6 Å². The highest BCUT2D eigenvalue weighted by atomic mass is 16.5. The van der Waals surface area contributed by atoms with Gasteiger partial charge in [-0.15, -0.1) is 0 Å². The van der Waals surface area contributed by atoms with Gasteiger partial charge in [-0.1, -0.05) is 112 Å². The molecule has 4 rings (SSSR count). The molecule has 0 aliphatic heterocycles. The van der Waals surface area contributed by atoms with Gasteiger partial charge in [-0.05, 0) is 70.5 Å². The normalized spacial score (nSPS) is 10.8. The van der Waals surface area contributed by atoms with Gasteiger partial charge in [0, 0.05) is 12.8 Å². The van der Waals surface area contributed by atoms with Crippen LogP contribution in [0.4, 0.5) is 0 Å². The van der Waals surface area contributed by atoms with E-state index < -0.39 is 0 Å². The van der Waals surface area contributed by atoms with Crippen LogP contribution < -0.4 is 9.47 Å². The van der Waals surface area contributed by atoms with Crippen LogP contribution >= 0.6 is 0 Å². The molecule has 0 N–H and O–H groups in total. The zero-order chi connectivity index (χ0) is 28.2. The average Bonchev–Trinajstić information content (AvgIpc) is 2.98. The fourth-order valence-electron chi connectivity index (χ4n) is 4.76. The zero-order valence-electron chi connectivity index (χ0n) is 23.5. The van der Waals surface area contributed by atoms with E-state index in [0.29, 0.717) is 24.3 Å². The Bertz CT molecular complexity index is 1390. The standard InChI is InChI=1S/C36H38O4/c1-3-5-8-18-35(37)39-29-22-20-28(21-23-29)32-25-24-30(40-36(38)19-9-6-4-2)26-34(32)33-17-13-12-16-31(33)27-14-10-7-11-15-27/h7,10-17,20-26H,3-6,8-9,18-19H2,1-2H3. The van der Waals surface area contributed by atoms with Crippen LogP contribution in [0.25, 0.3) is 33.4 Å². The number of hydrogen-bond acceptors (Lipinski definition) is 4. The average molecular weight is 535 g/mol. The molecular weight excluding hydrogens is 496 g/mol. The predicted molar refractivity (Wildman–Crippen MR) is 162 cm³/mol. The van der Waals surface area contributed by atoms with E-state index >= 15 is 0 Å². The van der Waals surface area contributed by atoms with Crippen LogP contribution in [0.5, 0.6) is 11.5 Å². The van der Waals surface area contributed by atoms with Crippen molar-refractivity contribution < 1.29 is 19.1 Å². The van der Waals surface area contributed by atoms with Crippen molar-refractivity contribution in [2.45, 2.75) is 65.2 Å². The molecule has 0 atom stereocenters. The lowest BCUT2D eigenvalue weighted by Gasteiger charge is -2.16. The first-order valence-corrected chi connectivity index (χ1v) is 14.4. The van der Waals surface area contributed by atoms with Gasteiger partial charge >= 0.3 is 11.9 Å². The smallest absolute Gasteiger partial charge is 0.311 e. The number of rotatable bonds is 13. The van der Waals surface area contributed by atoms with Crippen LogP contribution in [0.1, 0.15) is 65.2 Å². The van der Waals surface area contributed by atoms with Crippen molar-refractivity contribution in [3.05, 3.63) is 97.1 Å². The van der Waals surface area contributed by atoms with Gasteiger partial charge in [-0.3, -0.25) is 9.59 Å². The number of carbonyl (C=O) groups is 2. The number of benzene rings is 4. The molecule has 4 aromatic carbocycles. The maximum atomic E-state index is 12.5. The van der Waals surface area contributed by atoms with Crippen molar-refractivity contribution in [1.82, 2.24) is 0 Å². The highest BCUT2D eigenvalue weighted by Gasteiger charge is 2.16. The first-order valence-electron chi connectivity index (χ1n) is 14.4. The second kappa shape index (κ2) is 14.8. The minimum Gasteiger partial charge on any atom is -0.427 e. The van der Waals surface area contributed by atoms with E-state index in [1.165, 1.54) is 0 Å².